The number of rotatable bonds is 6. The zero-order chi connectivity index (χ0) is 22.5. The number of nitrogens with zero attached hydrogens (tertiary/aromatic N) is 4. The summed E-state index contributed by atoms with van der Waals surface area (Å²) in [7, 11) is 0. The predicted molar refractivity (Wildman–Crippen MR) is 130 cm³/mol. The number of amides is 2. The first-order chi connectivity index (χ1) is 15.6. The van der Waals surface area contributed by atoms with Crippen LogP contribution in [0.1, 0.15) is 70.8 Å². The molecule has 0 bridgehead atoms. The molecular formula is C24H30N4O2S2. The molecule has 2 aromatic heterocycles. The number of piperidine rings is 2. The van der Waals surface area contributed by atoms with Gasteiger partial charge in [-0.15, -0.1) is 29.7 Å². The Labute approximate surface area is 198 Å². The standard InChI is InChI=1S/C24H30N4O2S2/c1-3-15-31-22-19(8-6-11-25-22)23(29)27-13-9-18(10-14-27)21-26-20(16-32-21)24(30)28-12-5-4-7-17(28)2/h3,6,8,11,16-18H,1,4-5,7,9-10,12-15H2,2H3. The third-order valence-electron chi connectivity index (χ3n) is 6.28. The summed E-state index contributed by atoms with van der Waals surface area (Å²) in [6.07, 6.45) is 8.60. The van der Waals surface area contributed by atoms with Gasteiger partial charge in [-0.05, 0) is 51.2 Å². The molecule has 170 valence electrons. The highest BCUT2D eigenvalue weighted by atomic mass is 32.2. The average Bonchev–Trinajstić information content (AvgIpc) is 3.33. The molecule has 2 fully saturated rings. The van der Waals surface area contributed by atoms with E-state index >= 15 is 0 Å². The summed E-state index contributed by atoms with van der Waals surface area (Å²) in [4.78, 5) is 39.0. The fourth-order valence-electron chi connectivity index (χ4n) is 4.43. The second kappa shape index (κ2) is 10.6. The summed E-state index contributed by atoms with van der Waals surface area (Å²) in [5.41, 5.74) is 1.24. The fraction of sp³-hybridized carbons (Fsp3) is 0.500. The maximum Gasteiger partial charge on any atom is 0.273 e. The Bertz CT molecular complexity index is 968. The van der Waals surface area contributed by atoms with Gasteiger partial charge in [0, 0.05) is 48.9 Å². The lowest BCUT2D eigenvalue weighted by atomic mass is 9.97. The van der Waals surface area contributed by atoms with E-state index in [0.29, 0.717) is 30.3 Å². The second-order valence-electron chi connectivity index (χ2n) is 8.44. The molecule has 4 rings (SSSR count). The Hall–Kier alpha value is -2.19. The number of pyridine rings is 1. The minimum Gasteiger partial charge on any atom is -0.339 e. The van der Waals surface area contributed by atoms with Gasteiger partial charge in [-0.1, -0.05) is 6.08 Å². The number of aromatic nitrogens is 2. The number of likely N-dealkylation sites (tertiary alicyclic amines) is 2. The van der Waals surface area contributed by atoms with Crippen molar-refractivity contribution in [3.63, 3.8) is 0 Å². The first kappa shape index (κ1) is 23.0. The van der Waals surface area contributed by atoms with E-state index < -0.39 is 0 Å². The average molecular weight is 471 g/mol. The van der Waals surface area contributed by atoms with Crippen molar-refractivity contribution in [2.45, 2.75) is 56.0 Å². The van der Waals surface area contributed by atoms with Crippen molar-refractivity contribution in [2.24, 2.45) is 0 Å². The second-order valence-corrected chi connectivity index (χ2v) is 10.3. The molecule has 2 aliphatic rings. The van der Waals surface area contributed by atoms with Gasteiger partial charge < -0.3 is 9.80 Å². The monoisotopic (exact) mass is 470 g/mol. The molecule has 2 aromatic rings. The maximum absolute atomic E-state index is 13.1. The zero-order valence-corrected chi connectivity index (χ0v) is 20.2. The van der Waals surface area contributed by atoms with Gasteiger partial charge in [0.05, 0.1) is 10.6 Å². The normalized spacial score (nSPS) is 19.7. The molecule has 4 heterocycles. The van der Waals surface area contributed by atoms with Crippen LogP contribution in [0.25, 0.3) is 0 Å². The lowest BCUT2D eigenvalue weighted by Crippen LogP contribution is -2.42. The lowest BCUT2D eigenvalue weighted by molar-refractivity contribution is 0.0630. The Morgan fingerprint density at radius 2 is 2.03 bits per heavy atom. The Balaban J connectivity index is 1.37. The minimum absolute atomic E-state index is 0.0391. The van der Waals surface area contributed by atoms with E-state index in [1.54, 1.807) is 17.5 Å². The van der Waals surface area contributed by atoms with E-state index in [1.807, 2.05) is 33.4 Å². The highest BCUT2D eigenvalue weighted by Gasteiger charge is 2.30. The van der Waals surface area contributed by atoms with Gasteiger partial charge in [0.25, 0.3) is 11.8 Å². The molecule has 2 amide bonds. The molecule has 8 heteroatoms. The first-order valence-electron chi connectivity index (χ1n) is 11.3. The molecule has 0 radical (unpaired) electrons. The van der Waals surface area contributed by atoms with Crippen LogP contribution in [0, 0.1) is 0 Å². The Kier molecular flexibility index (Phi) is 7.63. The third-order valence-corrected chi connectivity index (χ3v) is 8.28. The van der Waals surface area contributed by atoms with Crippen molar-refractivity contribution in [1.82, 2.24) is 19.8 Å². The van der Waals surface area contributed by atoms with Crippen molar-refractivity contribution in [2.75, 3.05) is 25.4 Å². The molecule has 0 N–H and O–H groups in total. The van der Waals surface area contributed by atoms with Crippen molar-refractivity contribution < 1.29 is 9.59 Å². The molecule has 0 aromatic carbocycles. The smallest absolute Gasteiger partial charge is 0.273 e. The van der Waals surface area contributed by atoms with Crippen LogP contribution < -0.4 is 0 Å². The Morgan fingerprint density at radius 3 is 2.78 bits per heavy atom. The van der Waals surface area contributed by atoms with Gasteiger partial charge in [-0.2, -0.15) is 0 Å². The van der Waals surface area contributed by atoms with Crippen LogP contribution in [0.2, 0.25) is 0 Å². The van der Waals surface area contributed by atoms with Gasteiger partial charge in [0.1, 0.15) is 10.7 Å². The van der Waals surface area contributed by atoms with Crippen molar-refractivity contribution >= 4 is 34.9 Å². The first-order valence-corrected chi connectivity index (χ1v) is 13.2. The molecular weight excluding hydrogens is 440 g/mol. The van der Waals surface area contributed by atoms with E-state index in [2.05, 4.69) is 18.5 Å². The quantitative estimate of drug-likeness (QED) is 0.446. The topological polar surface area (TPSA) is 66.4 Å². The van der Waals surface area contributed by atoms with E-state index in [-0.39, 0.29) is 17.9 Å². The largest absolute Gasteiger partial charge is 0.339 e. The number of hydrogen-bond donors (Lipinski definition) is 0. The Morgan fingerprint density at radius 1 is 1.22 bits per heavy atom. The van der Waals surface area contributed by atoms with E-state index in [0.717, 1.165) is 48.0 Å². The van der Waals surface area contributed by atoms with Gasteiger partial charge in [0.15, 0.2) is 0 Å². The van der Waals surface area contributed by atoms with Crippen molar-refractivity contribution in [1.29, 1.82) is 0 Å². The summed E-state index contributed by atoms with van der Waals surface area (Å²) < 4.78 is 0. The van der Waals surface area contributed by atoms with E-state index in [9.17, 15) is 9.59 Å². The van der Waals surface area contributed by atoms with Gasteiger partial charge in [-0.3, -0.25) is 9.59 Å². The SMILES string of the molecule is C=CCSc1ncccc1C(=O)N1CCC(c2nc(C(=O)N3CCCCC3C)cs2)CC1. The molecule has 0 aliphatic carbocycles. The number of thioether (sulfide) groups is 1. The minimum atomic E-state index is 0.0391. The van der Waals surface area contributed by atoms with Crippen LogP contribution in [0.5, 0.6) is 0 Å². The summed E-state index contributed by atoms with van der Waals surface area (Å²) >= 11 is 3.12. The highest BCUT2D eigenvalue weighted by molar-refractivity contribution is 7.99. The number of carbonyl (C=O) groups is 2. The molecule has 1 atom stereocenters. The molecule has 0 spiro atoms. The van der Waals surface area contributed by atoms with Crippen molar-refractivity contribution in [3.8, 4) is 0 Å². The van der Waals surface area contributed by atoms with E-state index in [4.69, 9.17) is 4.98 Å². The summed E-state index contributed by atoms with van der Waals surface area (Å²) in [5, 5.41) is 3.69. The number of carbonyl (C=O) groups excluding carboxylic acids is 2. The molecule has 6 nitrogen and oxygen atoms in total. The van der Waals surface area contributed by atoms with Gasteiger partial charge in [0.2, 0.25) is 0 Å². The number of thiazole rings is 1. The summed E-state index contributed by atoms with van der Waals surface area (Å²) in [5.74, 6) is 1.12. The van der Waals surface area contributed by atoms with Crippen LogP contribution >= 0.6 is 23.1 Å². The van der Waals surface area contributed by atoms with Gasteiger partial charge >= 0.3 is 0 Å². The molecule has 2 saturated heterocycles. The number of hydrogen-bond acceptors (Lipinski definition) is 6. The summed E-state index contributed by atoms with van der Waals surface area (Å²) in [6, 6.07) is 3.96. The zero-order valence-electron chi connectivity index (χ0n) is 18.5. The van der Waals surface area contributed by atoms with Crippen LogP contribution in [-0.4, -0.2) is 63.0 Å². The van der Waals surface area contributed by atoms with Crippen molar-refractivity contribution in [3.05, 3.63) is 52.6 Å². The molecule has 1 unspecified atom stereocenters. The molecule has 2 aliphatic heterocycles. The molecule has 32 heavy (non-hydrogen) atoms. The lowest BCUT2D eigenvalue weighted by Gasteiger charge is -2.33. The third kappa shape index (κ3) is 5.07. The molecule has 0 saturated carbocycles. The van der Waals surface area contributed by atoms with Crippen LogP contribution in [-0.2, 0) is 0 Å². The fourth-order valence-corrected chi connectivity index (χ4v) is 6.11. The van der Waals surface area contributed by atoms with Crippen LogP contribution in [0.4, 0.5) is 0 Å². The predicted octanol–water partition coefficient (Wildman–Crippen LogP) is 4.85. The van der Waals surface area contributed by atoms with E-state index in [1.165, 1.54) is 18.2 Å². The van der Waals surface area contributed by atoms with Crippen LogP contribution in [0.15, 0.2) is 41.4 Å². The maximum atomic E-state index is 13.1. The van der Waals surface area contributed by atoms with Gasteiger partial charge in [-0.25, -0.2) is 9.97 Å². The van der Waals surface area contributed by atoms with Crippen LogP contribution in [0.3, 0.4) is 0 Å². The highest BCUT2D eigenvalue weighted by Crippen LogP contribution is 2.32. The summed E-state index contributed by atoms with van der Waals surface area (Å²) in [6.45, 7) is 8.08.